The fraction of sp³-hybridized carbons (Fsp3) is 0.375. The number of phenolic OH excluding ortho intramolecular Hbond substituents is 1. The lowest BCUT2D eigenvalue weighted by atomic mass is 10.1. The van der Waals surface area contributed by atoms with E-state index in [-0.39, 0.29) is 12.3 Å². The summed E-state index contributed by atoms with van der Waals surface area (Å²) in [5.41, 5.74) is 0.773. The number of ether oxygens (including phenoxy) is 1. The number of aromatic hydroxyl groups is 1. The molecule has 0 aromatic heterocycles. The third kappa shape index (κ3) is 3.58. The van der Waals surface area contributed by atoms with Gasteiger partial charge in [0, 0.05) is 0 Å². The van der Waals surface area contributed by atoms with Crippen LogP contribution in [-0.4, -0.2) is 45.4 Å². The Morgan fingerprint density at radius 2 is 1.82 bits per heavy atom. The summed E-state index contributed by atoms with van der Waals surface area (Å²) in [4.78, 5) is 24.7. The molecular weight excluding hydrogens is 286 g/mol. The standard InChI is InChI=1S/C16H19NO5/c1-16(2,3)22-15(21)17-9-11(8-13(17)14(19)20)10-4-6-12(18)7-5-10/h4-8,13,18H,9H2,1-3H3,(H,19,20). The zero-order valence-corrected chi connectivity index (χ0v) is 12.7. The van der Waals surface area contributed by atoms with Gasteiger partial charge in [0.25, 0.3) is 0 Å². The quantitative estimate of drug-likeness (QED) is 0.876. The number of carboxylic acids is 1. The molecule has 2 rings (SSSR count). The van der Waals surface area contributed by atoms with E-state index in [4.69, 9.17) is 4.74 Å². The first-order valence-electron chi connectivity index (χ1n) is 6.90. The monoisotopic (exact) mass is 305 g/mol. The lowest BCUT2D eigenvalue weighted by molar-refractivity contribution is -0.140. The van der Waals surface area contributed by atoms with Crippen LogP contribution in [0.5, 0.6) is 5.75 Å². The summed E-state index contributed by atoms with van der Waals surface area (Å²) in [6.45, 7) is 5.33. The van der Waals surface area contributed by atoms with Gasteiger partial charge in [-0.2, -0.15) is 0 Å². The Morgan fingerprint density at radius 3 is 2.32 bits per heavy atom. The van der Waals surface area contributed by atoms with Gasteiger partial charge in [0.05, 0.1) is 6.54 Å². The van der Waals surface area contributed by atoms with Crippen LogP contribution in [0.25, 0.3) is 5.57 Å². The van der Waals surface area contributed by atoms with Crippen molar-refractivity contribution in [3.8, 4) is 5.75 Å². The Balaban J connectivity index is 2.23. The third-order valence-corrected chi connectivity index (χ3v) is 3.15. The van der Waals surface area contributed by atoms with Crippen molar-refractivity contribution in [3.05, 3.63) is 35.9 Å². The molecule has 22 heavy (non-hydrogen) atoms. The number of hydrogen-bond donors (Lipinski definition) is 2. The molecule has 0 saturated heterocycles. The molecule has 1 aromatic rings. The Hall–Kier alpha value is -2.50. The molecule has 118 valence electrons. The molecule has 1 heterocycles. The summed E-state index contributed by atoms with van der Waals surface area (Å²) in [5.74, 6) is -0.985. The second kappa shape index (κ2) is 5.71. The van der Waals surface area contributed by atoms with Gasteiger partial charge in [0.15, 0.2) is 6.04 Å². The van der Waals surface area contributed by atoms with Crippen molar-refractivity contribution in [2.75, 3.05) is 6.54 Å². The summed E-state index contributed by atoms with van der Waals surface area (Å²) in [5, 5.41) is 18.6. The van der Waals surface area contributed by atoms with Gasteiger partial charge in [0.2, 0.25) is 0 Å². The fourth-order valence-electron chi connectivity index (χ4n) is 2.18. The van der Waals surface area contributed by atoms with Crippen molar-refractivity contribution in [2.45, 2.75) is 32.4 Å². The van der Waals surface area contributed by atoms with E-state index in [1.54, 1.807) is 32.9 Å². The Kier molecular flexibility index (Phi) is 4.12. The molecule has 1 aliphatic heterocycles. The minimum atomic E-state index is -1.11. The molecule has 1 atom stereocenters. The largest absolute Gasteiger partial charge is 0.508 e. The SMILES string of the molecule is CC(C)(C)OC(=O)N1CC(c2ccc(O)cc2)=CC1C(=O)O. The highest BCUT2D eigenvalue weighted by Crippen LogP contribution is 2.28. The van der Waals surface area contributed by atoms with E-state index in [1.165, 1.54) is 23.1 Å². The van der Waals surface area contributed by atoms with Gasteiger partial charge in [-0.15, -0.1) is 0 Å². The van der Waals surface area contributed by atoms with Crippen LogP contribution in [-0.2, 0) is 9.53 Å². The maximum absolute atomic E-state index is 12.2. The van der Waals surface area contributed by atoms with Crippen LogP contribution in [0.4, 0.5) is 4.79 Å². The van der Waals surface area contributed by atoms with Crippen LogP contribution in [0.1, 0.15) is 26.3 Å². The third-order valence-electron chi connectivity index (χ3n) is 3.15. The van der Waals surface area contributed by atoms with E-state index < -0.39 is 23.7 Å². The highest BCUT2D eigenvalue weighted by Gasteiger charge is 2.36. The molecule has 0 radical (unpaired) electrons. The molecule has 2 N–H and O–H groups in total. The summed E-state index contributed by atoms with van der Waals surface area (Å²) in [7, 11) is 0. The van der Waals surface area contributed by atoms with Crippen molar-refractivity contribution in [2.24, 2.45) is 0 Å². The van der Waals surface area contributed by atoms with E-state index in [0.29, 0.717) is 5.57 Å². The number of hydrogen-bond acceptors (Lipinski definition) is 4. The molecule has 1 aliphatic rings. The minimum Gasteiger partial charge on any atom is -0.508 e. The summed E-state index contributed by atoms with van der Waals surface area (Å²) >= 11 is 0. The van der Waals surface area contributed by atoms with Gasteiger partial charge in [-0.3, -0.25) is 4.90 Å². The molecule has 6 heteroatoms. The predicted molar refractivity (Wildman–Crippen MR) is 80.4 cm³/mol. The molecule has 0 fully saturated rings. The minimum absolute atomic E-state index is 0.126. The van der Waals surface area contributed by atoms with Crippen molar-refractivity contribution in [1.82, 2.24) is 4.90 Å². The van der Waals surface area contributed by atoms with Crippen molar-refractivity contribution in [3.63, 3.8) is 0 Å². The summed E-state index contributed by atoms with van der Waals surface area (Å²) in [6, 6.07) is 5.33. The number of carboxylic acid groups (broad SMARTS) is 1. The van der Waals surface area contributed by atoms with Crippen molar-refractivity contribution < 1.29 is 24.5 Å². The molecule has 1 amide bonds. The van der Waals surface area contributed by atoms with E-state index in [1.807, 2.05) is 0 Å². The molecule has 1 unspecified atom stereocenters. The number of aliphatic carboxylic acids is 1. The Morgan fingerprint density at radius 1 is 1.23 bits per heavy atom. The average Bonchev–Trinajstić information content (AvgIpc) is 2.83. The number of carbonyl (C=O) groups excluding carboxylic acids is 1. The first-order valence-corrected chi connectivity index (χ1v) is 6.90. The predicted octanol–water partition coefficient (Wildman–Crippen LogP) is 2.48. The number of phenols is 1. The normalized spacial score (nSPS) is 18.0. The number of benzene rings is 1. The van der Waals surface area contributed by atoms with E-state index in [2.05, 4.69) is 0 Å². The Labute approximate surface area is 128 Å². The van der Waals surface area contributed by atoms with Crippen LogP contribution < -0.4 is 0 Å². The number of amides is 1. The fourth-order valence-corrected chi connectivity index (χ4v) is 2.18. The lowest BCUT2D eigenvalue weighted by Crippen LogP contribution is -2.43. The van der Waals surface area contributed by atoms with Gasteiger partial charge >= 0.3 is 12.1 Å². The zero-order valence-electron chi connectivity index (χ0n) is 12.7. The first kappa shape index (κ1) is 15.9. The van der Waals surface area contributed by atoms with Gasteiger partial charge in [-0.25, -0.2) is 9.59 Å². The average molecular weight is 305 g/mol. The maximum atomic E-state index is 12.2. The lowest BCUT2D eigenvalue weighted by Gasteiger charge is -2.27. The second-order valence-electron chi connectivity index (χ2n) is 6.13. The topological polar surface area (TPSA) is 87.1 Å². The smallest absolute Gasteiger partial charge is 0.411 e. The number of carbonyl (C=O) groups is 2. The first-order chi connectivity index (χ1) is 10.2. The molecule has 0 spiro atoms. The molecular formula is C16H19NO5. The van der Waals surface area contributed by atoms with E-state index in [0.717, 1.165) is 5.56 Å². The molecule has 0 aliphatic carbocycles. The van der Waals surface area contributed by atoms with Crippen LogP contribution in [0.15, 0.2) is 30.3 Å². The van der Waals surface area contributed by atoms with Gasteiger partial charge in [-0.1, -0.05) is 12.1 Å². The molecule has 0 bridgehead atoms. The second-order valence-corrected chi connectivity index (χ2v) is 6.13. The van der Waals surface area contributed by atoms with Crippen molar-refractivity contribution >= 4 is 17.6 Å². The van der Waals surface area contributed by atoms with Crippen LogP contribution in [0.3, 0.4) is 0 Å². The van der Waals surface area contributed by atoms with Crippen LogP contribution in [0, 0.1) is 0 Å². The number of rotatable bonds is 2. The highest BCUT2D eigenvalue weighted by molar-refractivity contribution is 5.89. The highest BCUT2D eigenvalue weighted by atomic mass is 16.6. The van der Waals surface area contributed by atoms with E-state index >= 15 is 0 Å². The van der Waals surface area contributed by atoms with Crippen LogP contribution in [0.2, 0.25) is 0 Å². The zero-order chi connectivity index (χ0) is 16.5. The summed E-state index contributed by atoms with van der Waals surface area (Å²) < 4.78 is 5.26. The van der Waals surface area contributed by atoms with Gasteiger partial charge in [0.1, 0.15) is 11.4 Å². The maximum Gasteiger partial charge on any atom is 0.411 e. The molecule has 0 saturated carbocycles. The van der Waals surface area contributed by atoms with Crippen molar-refractivity contribution in [1.29, 1.82) is 0 Å². The van der Waals surface area contributed by atoms with Crippen LogP contribution >= 0.6 is 0 Å². The molecule has 1 aromatic carbocycles. The molecule has 6 nitrogen and oxygen atoms in total. The summed E-state index contributed by atoms with van der Waals surface area (Å²) in [6.07, 6.45) is 0.864. The van der Waals surface area contributed by atoms with Gasteiger partial charge < -0.3 is 14.9 Å². The van der Waals surface area contributed by atoms with Gasteiger partial charge in [-0.05, 0) is 50.1 Å². The Bertz CT molecular complexity index is 612. The number of nitrogens with zero attached hydrogens (tertiary/aromatic N) is 1. The van der Waals surface area contributed by atoms with E-state index in [9.17, 15) is 19.8 Å².